The third-order valence-electron chi connectivity index (χ3n) is 3.96. The third-order valence-corrected chi connectivity index (χ3v) is 3.96. The Hall–Kier alpha value is -3.16. The summed E-state index contributed by atoms with van der Waals surface area (Å²) in [6.07, 6.45) is -3.81. The average Bonchev–Trinajstić information content (AvgIpc) is 3.06. The predicted octanol–water partition coefficient (Wildman–Crippen LogP) is 4.65. The first kappa shape index (κ1) is 16.3. The topological polar surface area (TPSA) is 52.3 Å². The van der Waals surface area contributed by atoms with Crippen molar-refractivity contribution in [3.8, 4) is 11.6 Å². The maximum atomic E-state index is 12.9. The van der Waals surface area contributed by atoms with Crippen LogP contribution in [0.2, 0.25) is 0 Å². The van der Waals surface area contributed by atoms with Crippen molar-refractivity contribution in [1.82, 2.24) is 19.6 Å². The van der Waals surface area contributed by atoms with Gasteiger partial charge in [0, 0.05) is 6.42 Å². The molecule has 0 radical (unpaired) electrons. The molecule has 0 unspecified atom stereocenters. The normalized spacial score (nSPS) is 12.0. The third kappa shape index (κ3) is 2.73. The van der Waals surface area contributed by atoms with Gasteiger partial charge in [0.1, 0.15) is 11.6 Å². The zero-order chi connectivity index (χ0) is 18.3. The zero-order valence-electron chi connectivity index (χ0n) is 13.7. The Morgan fingerprint density at radius 1 is 1.04 bits per heavy atom. The maximum Gasteiger partial charge on any atom is 0.416 e. The second-order valence-electron chi connectivity index (χ2n) is 5.66. The molecule has 5 nitrogen and oxygen atoms in total. The summed E-state index contributed by atoms with van der Waals surface area (Å²) in [5.74, 6) is 0.855. The Bertz CT molecular complexity index is 1100. The van der Waals surface area contributed by atoms with E-state index in [9.17, 15) is 13.2 Å². The zero-order valence-corrected chi connectivity index (χ0v) is 13.7. The fraction of sp³-hybridized carbons (Fsp3) is 0.167. The summed E-state index contributed by atoms with van der Waals surface area (Å²) in [7, 11) is 0. The molecule has 4 rings (SSSR count). The van der Waals surface area contributed by atoms with Crippen molar-refractivity contribution in [2.45, 2.75) is 19.5 Å². The van der Waals surface area contributed by atoms with Gasteiger partial charge >= 0.3 is 6.18 Å². The molecular formula is C18H13F3N4O. The van der Waals surface area contributed by atoms with Gasteiger partial charge in [0.2, 0.25) is 5.65 Å². The highest BCUT2D eigenvalue weighted by Gasteiger charge is 2.30. The lowest BCUT2D eigenvalue weighted by atomic mass is 10.2. The minimum atomic E-state index is -4.45. The highest BCUT2D eigenvalue weighted by atomic mass is 19.4. The van der Waals surface area contributed by atoms with Crippen LogP contribution in [0.25, 0.3) is 16.7 Å². The van der Waals surface area contributed by atoms with Crippen LogP contribution in [0.1, 0.15) is 18.3 Å². The molecular weight excluding hydrogens is 345 g/mol. The van der Waals surface area contributed by atoms with E-state index >= 15 is 0 Å². The number of nitrogens with zero attached hydrogens (tertiary/aromatic N) is 4. The molecule has 8 heteroatoms. The Labute approximate surface area is 146 Å². The fourth-order valence-electron chi connectivity index (χ4n) is 2.76. The second kappa shape index (κ2) is 5.98. The Kier molecular flexibility index (Phi) is 3.75. The second-order valence-corrected chi connectivity index (χ2v) is 5.66. The summed E-state index contributed by atoms with van der Waals surface area (Å²) >= 11 is 0. The first-order chi connectivity index (χ1) is 12.5. The molecule has 0 aliphatic rings. The fourth-order valence-corrected chi connectivity index (χ4v) is 2.76. The van der Waals surface area contributed by atoms with Crippen LogP contribution in [0, 0.1) is 0 Å². The number of alkyl halides is 3. The average molecular weight is 358 g/mol. The molecule has 0 saturated carbocycles. The minimum Gasteiger partial charge on any atom is -0.436 e. The lowest BCUT2D eigenvalue weighted by molar-refractivity contribution is -0.137. The predicted molar refractivity (Wildman–Crippen MR) is 89.2 cm³/mol. The molecule has 0 aliphatic carbocycles. The smallest absolute Gasteiger partial charge is 0.416 e. The molecule has 0 bridgehead atoms. The van der Waals surface area contributed by atoms with Crippen molar-refractivity contribution >= 4 is 16.7 Å². The summed E-state index contributed by atoms with van der Waals surface area (Å²) < 4.78 is 46.2. The first-order valence-corrected chi connectivity index (χ1v) is 7.95. The van der Waals surface area contributed by atoms with Crippen molar-refractivity contribution in [2.75, 3.05) is 0 Å². The Morgan fingerprint density at radius 3 is 2.62 bits per heavy atom. The van der Waals surface area contributed by atoms with Gasteiger partial charge < -0.3 is 4.74 Å². The lowest BCUT2D eigenvalue weighted by Gasteiger charge is -2.11. The lowest BCUT2D eigenvalue weighted by Crippen LogP contribution is -2.05. The number of para-hydroxylation sites is 2. The molecule has 2 aromatic heterocycles. The number of halogens is 3. The molecule has 132 valence electrons. The van der Waals surface area contributed by atoms with Crippen molar-refractivity contribution in [3.05, 3.63) is 59.9 Å². The number of ether oxygens (including phenoxy) is 1. The van der Waals surface area contributed by atoms with E-state index in [1.807, 2.05) is 29.5 Å². The maximum absolute atomic E-state index is 12.9. The molecule has 0 fully saturated rings. The number of aryl methyl sites for hydroxylation is 1. The minimum absolute atomic E-state index is 0.0329. The van der Waals surface area contributed by atoms with E-state index in [4.69, 9.17) is 4.74 Å². The van der Waals surface area contributed by atoms with Crippen LogP contribution < -0.4 is 4.74 Å². The van der Waals surface area contributed by atoms with Crippen LogP contribution in [0.4, 0.5) is 13.2 Å². The van der Waals surface area contributed by atoms with E-state index in [1.165, 1.54) is 12.1 Å². The monoisotopic (exact) mass is 358 g/mol. The van der Waals surface area contributed by atoms with Gasteiger partial charge in [-0.05, 0) is 30.3 Å². The van der Waals surface area contributed by atoms with Crippen LogP contribution in [-0.2, 0) is 12.6 Å². The molecule has 4 aromatic rings. The van der Waals surface area contributed by atoms with Crippen LogP contribution in [0.3, 0.4) is 0 Å². The van der Waals surface area contributed by atoms with Crippen LogP contribution in [0.5, 0.6) is 11.6 Å². The summed E-state index contributed by atoms with van der Waals surface area (Å²) in [5.41, 5.74) is 1.01. The molecule has 0 amide bonds. The molecule has 0 saturated heterocycles. The summed E-state index contributed by atoms with van der Waals surface area (Å²) in [6, 6.07) is 12.0. The van der Waals surface area contributed by atoms with Gasteiger partial charge in [-0.2, -0.15) is 13.2 Å². The van der Waals surface area contributed by atoms with E-state index in [0.29, 0.717) is 23.4 Å². The quantitative estimate of drug-likeness (QED) is 0.535. The highest BCUT2D eigenvalue weighted by molar-refractivity contribution is 5.79. The van der Waals surface area contributed by atoms with Gasteiger partial charge in [0.05, 0.1) is 16.6 Å². The Balaban J connectivity index is 1.88. The Morgan fingerprint density at radius 2 is 1.85 bits per heavy atom. The molecule has 26 heavy (non-hydrogen) atoms. The number of benzene rings is 2. The SMILES string of the molecule is CCc1nnc2c(Oc3cccc(C(F)(F)F)c3)nc3ccccc3n12. The molecule has 2 heterocycles. The van der Waals surface area contributed by atoms with Crippen molar-refractivity contribution in [2.24, 2.45) is 0 Å². The molecule has 0 N–H and O–H groups in total. The van der Waals surface area contributed by atoms with Gasteiger partial charge in [0.25, 0.3) is 5.88 Å². The summed E-state index contributed by atoms with van der Waals surface area (Å²) in [6.45, 7) is 1.94. The van der Waals surface area contributed by atoms with Gasteiger partial charge in [-0.15, -0.1) is 10.2 Å². The molecule has 2 aromatic carbocycles. The first-order valence-electron chi connectivity index (χ1n) is 7.95. The number of hydrogen-bond donors (Lipinski definition) is 0. The number of rotatable bonds is 3. The van der Waals surface area contributed by atoms with E-state index in [2.05, 4.69) is 15.2 Å². The molecule has 0 spiro atoms. The summed E-state index contributed by atoms with van der Waals surface area (Å²) in [5, 5.41) is 8.25. The number of hydrogen-bond acceptors (Lipinski definition) is 4. The van der Waals surface area contributed by atoms with Gasteiger partial charge in [-0.1, -0.05) is 25.1 Å². The van der Waals surface area contributed by atoms with Crippen LogP contribution in [0.15, 0.2) is 48.5 Å². The van der Waals surface area contributed by atoms with Crippen molar-refractivity contribution in [3.63, 3.8) is 0 Å². The summed E-state index contributed by atoms with van der Waals surface area (Å²) in [4.78, 5) is 4.41. The van der Waals surface area contributed by atoms with E-state index in [0.717, 1.165) is 17.6 Å². The van der Waals surface area contributed by atoms with Crippen LogP contribution in [-0.4, -0.2) is 19.6 Å². The van der Waals surface area contributed by atoms with E-state index in [-0.39, 0.29) is 11.6 Å². The van der Waals surface area contributed by atoms with Gasteiger partial charge in [0.15, 0.2) is 0 Å². The highest BCUT2D eigenvalue weighted by Crippen LogP contribution is 2.33. The van der Waals surface area contributed by atoms with Crippen LogP contribution >= 0.6 is 0 Å². The van der Waals surface area contributed by atoms with Gasteiger partial charge in [-0.25, -0.2) is 4.98 Å². The van der Waals surface area contributed by atoms with E-state index in [1.54, 1.807) is 6.07 Å². The van der Waals surface area contributed by atoms with Crippen molar-refractivity contribution < 1.29 is 17.9 Å². The molecule has 0 atom stereocenters. The number of fused-ring (bicyclic) bond motifs is 3. The standard InChI is InChI=1S/C18H13F3N4O/c1-2-15-23-24-16-17(22-13-8-3-4-9-14(13)25(15)16)26-12-7-5-6-11(10-12)18(19,20)21/h3-10H,2H2,1H3. The largest absolute Gasteiger partial charge is 0.436 e. The van der Waals surface area contributed by atoms with E-state index < -0.39 is 11.7 Å². The van der Waals surface area contributed by atoms with Crippen molar-refractivity contribution in [1.29, 1.82) is 0 Å². The number of aromatic nitrogens is 4. The van der Waals surface area contributed by atoms with Gasteiger partial charge in [-0.3, -0.25) is 4.40 Å². The molecule has 0 aliphatic heterocycles.